The van der Waals surface area contributed by atoms with Gasteiger partial charge in [0.05, 0.1) is 17.4 Å². The van der Waals surface area contributed by atoms with Crippen molar-refractivity contribution in [3.05, 3.63) is 42.1 Å². The van der Waals surface area contributed by atoms with Gasteiger partial charge in [0.1, 0.15) is 0 Å². The van der Waals surface area contributed by atoms with Crippen LogP contribution in [-0.2, 0) is 0 Å². The molecule has 0 saturated carbocycles. The third-order valence-corrected chi connectivity index (χ3v) is 4.33. The van der Waals surface area contributed by atoms with Crippen LogP contribution in [0.15, 0.2) is 46.6 Å². The van der Waals surface area contributed by atoms with Crippen molar-refractivity contribution in [1.82, 2.24) is 4.98 Å². The van der Waals surface area contributed by atoms with Crippen molar-refractivity contribution < 1.29 is 0 Å². The highest BCUT2D eigenvalue weighted by Gasteiger charge is 1.96. The fourth-order valence-electron chi connectivity index (χ4n) is 2.21. The van der Waals surface area contributed by atoms with Gasteiger partial charge in [0.2, 0.25) is 0 Å². The Balaban J connectivity index is 1.79. The number of benzene rings is 1. The van der Waals surface area contributed by atoms with Crippen LogP contribution < -0.4 is 5.73 Å². The molecule has 0 bridgehead atoms. The number of pyridine rings is 1. The van der Waals surface area contributed by atoms with Gasteiger partial charge < -0.3 is 5.73 Å². The second-order valence-electron chi connectivity index (χ2n) is 5.37. The molecule has 0 spiro atoms. The van der Waals surface area contributed by atoms with E-state index < -0.39 is 0 Å². The Morgan fingerprint density at radius 3 is 2.83 bits per heavy atom. The van der Waals surface area contributed by atoms with E-state index in [4.69, 9.17) is 5.73 Å². The van der Waals surface area contributed by atoms with E-state index in [2.05, 4.69) is 22.1 Å². The fraction of sp³-hybridized carbons (Fsp3) is 0.389. The van der Waals surface area contributed by atoms with E-state index in [1.54, 1.807) is 18.0 Å². The van der Waals surface area contributed by atoms with Gasteiger partial charge >= 0.3 is 0 Å². The first-order valence-electron chi connectivity index (χ1n) is 8.14. The molecule has 0 saturated heterocycles. The molecule has 1 aromatic carbocycles. The number of fused-ring (bicyclic) bond motifs is 1. The Hall–Kier alpha value is -1.88. The number of para-hydroxylation sites is 1. The van der Waals surface area contributed by atoms with Crippen LogP contribution in [0.1, 0.15) is 44.7 Å². The summed E-state index contributed by atoms with van der Waals surface area (Å²) in [5, 5.41) is 9.68. The summed E-state index contributed by atoms with van der Waals surface area (Å²) in [6.45, 7) is 2.22. The van der Waals surface area contributed by atoms with Gasteiger partial charge in [-0.05, 0) is 18.6 Å². The molecule has 122 valence electrons. The normalized spacial score (nSPS) is 12.3. The predicted molar refractivity (Wildman–Crippen MR) is 102 cm³/mol. The van der Waals surface area contributed by atoms with Crippen LogP contribution >= 0.6 is 11.8 Å². The molecule has 23 heavy (non-hydrogen) atoms. The third kappa shape index (κ3) is 6.40. The molecule has 0 unspecified atom stereocenters. The van der Waals surface area contributed by atoms with Gasteiger partial charge in [0.25, 0.3) is 0 Å². The van der Waals surface area contributed by atoms with E-state index in [0.717, 1.165) is 22.3 Å². The number of unbranched alkanes of at least 4 members (excludes halogenated alkanes) is 4. The van der Waals surface area contributed by atoms with E-state index in [1.807, 2.05) is 36.4 Å². The smallest absolute Gasteiger partial charge is 0.180 e. The number of thioether (sulfide) groups is 1. The summed E-state index contributed by atoms with van der Waals surface area (Å²) in [6.07, 6.45) is 7.97. The van der Waals surface area contributed by atoms with E-state index >= 15 is 0 Å². The molecule has 0 radical (unpaired) electrons. The summed E-state index contributed by atoms with van der Waals surface area (Å²) in [4.78, 5) is 4.51. The lowest BCUT2D eigenvalue weighted by atomic mass is 10.2. The van der Waals surface area contributed by atoms with Crippen LogP contribution in [0, 0.1) is 0 Å². The standard InChI is InChI=1S/C18H24N4S/c1-2-3-4-5-8-13-23-18(19)22-20-14-16-12-11-15-9-6-7-10-17(15)21-16/h6-7,9-12,14H,2-5,8,13H2,1H3,(H2,19,22)/b20-14+. The monoisotopic (exact) mass is 328 g/mol. The molecule has 0 amide bonds. The molecule has 4 nitrogen and oxygen atoms in total. The van der Waals surface area contributed by atoms with Crippen molar-refractivity contribution in [3.8, 4) is 0 Å². The van der Waals surface area contributed by atoms with Gasteiger partial charge in [0, 0.05) is 11.1 Å². The summed E-state index contributed by atoms with van der Waals surface area (Å²) < 4.78 is 0. The molecule has 0 atom stereocenters. The predicted octanol–water partition coefficient (Wildman–Crippen LogP) is 4.59. The van der Waals surface area contributed by atoms with Gasteiger partial charge in [-0.3, -0.25) is 0 Å². The van der Waals surface area contributed by atoms with Gasteiger partial charge in [-0.25, -0.2) is 4.98 Å². The first-order valence-corrected chi connectivity index (χ1v) is 9.13. The number of hydrogen-bond donors (Lipinski definition) is 1. The summed E-state index contributed by atoms with van der Waals surface area (Å²) in [5.74, 6) is 1.00. The van der Waals surface area contributed by atoms with Crippen LogP contribution in [-0.4, -0.2) is 22.1 Å². The molecule has 0 fully saturated rings. The minimum atomic E-state index is 0.512. The van der Waals surface area contributed by atoms with Crippen molar-refractivity contribution in [3.63, 3.8) is 0 Å². The molecular formula is C18H24N4S. The first-order chi connectivity index (χ1) is 11.3. The maximum absolute atomic E-state index is 5.85. The van der Waals surface area contributed by atoms with Crippen LogP contribution in [0.25, 0.3) is 10.9 Å². The Kier molecular flexibility index (Phi) is 7.60. The molecule has 1 heterocycles. The zero-order valence-electron chi connectivity index (χ0n) is 13.6. The van der Waals surface area contributed by atoms with Crippen molar-refractivity contribution in [2.75, 3.05) is 5.75 Å². The summed E-state index contributed by atoms with van der Waals surface area (Å²) >= 11 is 1.57. The second kappa shape index (κ2) is 10.0. The van der Waals surface area contributed by atoms with Crippen molar-refractivity contribution >= 4 is 34.0 Å². The topological polar surface area (TPSA) is 63.6 Å². The van der Waals surface area contributed by atoms with E-state index in [-0.39, 0.29) is 0 Å². The Labute approximate surface area is 142 Å². The zero-order chi connectivity index (χ0) is 16.3. The minimum Gasteiger partial charge on any atom is -0.377 e. The van der Waals surface area contributed by atoms with Crippen LogP contribution in [0.2, 0.25) is 0 Å². The largest absolute Gasteiger partial charge is 0.377 e. The van der Waals surface area contributed by atoms with Crippen LogP contribution in [0.5, 0.6) is 0 Å². The molecule has 0 aliphatic heterocycles. The Morgan fingerprint density at radius 1 is 1.13 bits per heavy atom. The molecule has 2 aromatic rings. The van der Waals surface area contributed by atoms with Crippen molar-refractivity contribution in [2.24, 2.45) is 15.9 Å². The number of amidine groups is 1. The van der Waals surface area contributed by atoms with E-state index in [1.165, 1.54) is 32.1 Å². The summed E-state index contributed by atoms with van der Waals surface area (Å²) in [5.41, 5.74) is 7.58. The first kappa shape index (κ1) is 17.5. The number of nitrogens with two attached hydrogens (primary N) is 1. The van der Waals surface area contributed by atoms with Gasteiger partial charge in [0.15, 0.2) is 5.17 Å². The highest BCUT2D eigenvalue weighted by molar-refractivity contribution is 8.13. The SMILES string of the molecule is CCCCCCCS/C(N)=N/N=C/c1ccc2ccccc2n1. The fourth-order valence-corrected chi connectivity index (χ4v) is 2.87. The second-order valence-corrected chi connectivity index (χ2v) is 6.49. The summed E-state index contributed by atoms with van der Waals surface area (Å²) in [6, 6.07) is 12.0. The molecule has 0 aliphatic carbocycles. The molecule has 5 heteroatoms. The zero-order valence-corrected chi connectivity index (χ0v) is 14.4. The van der Waals surface area contributed by atoms with E-state index in [0.29, 0.717) is 5.17 Å². The Morgan fingerprint density at radius 2 is 1.96 bits per heavy atom. The molecule has 0 aliphatic rings. The highest BCUT2D eigenvalue weighted by atomic mass is 32.2. The lowest BCUT2D eigenvalue weighted by molar-refractivity contribution is 0.659. The van der Waals surface area contributed by atoms with Crippen LogP contribution in [0.4, 0.5) is 0 Å². The van der Waals surface area contributed by atoms with Gasteiger partial charge in [-0.15, -0.1) is 5.10 Å². The average molecular weight is 328 g/mol. The van der Waals surface area contributed by atoms with Gasteiger partial charge in [-0.2, -0.15) is 5.10 Å². The number of nitrogens with zero attached hydrogens (tertiary/aromatic N) is 3. The lowest BCUT2D eigenvalue weighted by Crippen LogP contribution is -2.06. The molecule has 2 rings (SSSR count). The quantitative estimate of drug-likeness (QED) is 0.334. The third-order valence-electron chi connectivity index (χ3n) is 3.46. The maximum atomic E-state index is 5.85. The van der Waals surface area contributed by atoms with Crippen molar-refractivity contribution in [2.45, 2.75) is 39.0 Å². The Bertz CT molecular complexity index is 667. The average Bonchev–Trinajstić information content (AvgIpc) is 2.58. The maximum Gasteiger partial charge on any atom is 0.180 e. The van der Waals surface area contributed by atoms with Crippen molar-refractivity contribution in [1.29, 1.82) is 0 Å². The molecule has 2 N–H and O–H groups in total. The number of rotatable bonds is 8. The van der Waals surface area contributed by atoms with Crippen LogP contribution in [0.3, 0.4) is 0 Å². The van der Waals surface area contributed by atoms with E-state index in [9.17, 15) is 0 Å². The number of hydrogen-bond acceptors (Lipinski definition) is 4. The molecular weight excluding hydrogens is 304 g/mol. The summed E-state index contributed by atoms with van der Waals surface area (Å²) in [7, 11) is 0. The molecule has 1 aromatic heterocycles. The lowest BCUT2D eigenvalue weighted by Gasteiger charge is -1.99. The minimum absolute atomic E-state index is 0.512. The highest BCUT2D eigenvalue weighted by Crippen LogP contribution is 2.11. The number of aromatic nitrogens is 1. The van der Waals surface area contributed by atoms with Gasteiger partial charge in [-0.1, -0.05) is 68.6 Å².